The number of ether oxygens (including phenoxy) is 2. The van der Waals surface area contributed by atoms with E-state index in [1.54, 1.807) is 29.5 Å². The summed E-state index contributed by atoms with van der Waals surface area (Å²) in [6.45, 7) is 4.03. The zero-order chi connectivity index (χ0) is 19.6. The summed E-state index contributed by atoms with van der Waals surface area (Å²) in [7, 11) is -1.14. The van der Waals surface area contributed by atoms with Gasteiger partial charge in [0.25, 0.3) is 0 Å². The van der Waals surface area contributed by atoms with Crippen molar-refractivity contribution < 1.29 is 22.7 Å². The zero-order valence-electron chi connectivity index (χ0n) is 15.1. The molecule has 6 nitrogen and oxygen atoms in total. The number of rotatable bonds is 5. The fourth-order valence-corrected chi connectivity index (χ4v) is 5.87. The Kier molecular flexibility index (Phi) is 5.69. The molecule has 0 radical (unpaired) electrons. The van der Waals surface area contributed by atoms with E-state index in [-0.39, 0.29) is 11.4 Å². The third kappa shape index (κ3) is 3.52. The van der Waals surface area contributed by atoms with Crippen LogP contribution in [0.1, 0.15) is 16.4 Å². The zero-order valence-corrected chi connectivity index (χ0v) is 16.8. The molecule has 1 aromatic heterocycles. The van der Waals surface area contributed by atoms with Gasteiger partial charge in [0.2, 0.25) is 10.0 Å². The van der Waals surface area contributed by atoms with Crippen LogP contribution in [-0.4, -0.2) is 45.5 Å². The van der Waals surface area contributed by atoms with Gasteiger partial charge in [-0.25, -0.2) is 8.42 Å². The minimum absolute atomic E-state index is 0.102. The van der Waals surface area contributed by atoms with E-state index in [0.29, 0.717) is 12.2 Å². The van der Waals surface area contributed by atoms with Gasteiger partial charge in [-0.1, -0.05) is 6.08 Å². The summed E-state index contributed by atoms with van der Waals surface area (Å²) in [5.74, 6) is -0.522. The van der Waals surface area contributed by atoms with Crippen molar-refractivity contribution in [2.45, 2.75) is 23.3 Å². The van der Waals surface area contributed by atoms with Gasteiger partial charge in [0.15, 0.2) is 0 Å². The summed E-state index contributed by atoms with van der Waals surface area (Å²) < 4.78 is 38.0. The molecule has 0 bridgehead atoms. The normalized spacial score (nSPS) is 20.4. The minimum Gasteiger partial charge on any atom is -0.497 e. The standard InChI is InChI=1S/C19H21NO5S2/c1-4-15-16-10-12-26-17(16)9-11-20(18(15)19(21)25-3)27(22,23)14-7-5-13(24-2)6-8-14/h4-8,10,12,15,18H,1,9,11H2,2-3H3/t15-,18+/m1/s1. The minimum atomic E-state index is -3.92. The van der Waals surface area contributed by atoms with Crippen LogP contribution in [0.3, 0.4) is 0 Å². The van der Waals surface area contributed by atoms with Crippen molar-refractivity contribution in [3.05, 3.63) is 58.8 Å². The van der Waals surface area contributed by atoms with Crippen molar-refractivity contribution in [1.29, 1.82) is 0 Å². The van der Waals surface area contributed by atoms with E-state index in [9.17, 15) is 13.2 Å². The van der Waals surface area contributed by atoms with E-state index in [2.05, 4.69) is 6.58 Å². The highest BCUT2D eigenvalue weighted by atomic mass is 32.2. The van der Waals surface area contributed by atoms with Gasteiger partial charge in [0.05, 0.1) is 19.1 Å². The molecule has 2 aromatic rings. The van der Waals surface area contributed by atoms with Crippen LogP contribution >= 0.6 is 11.3 Å². The molecule has 0 saturated heterocycles. The molecule has 1 aliphatic rings. The lowest BCUT2D eigenvalue weighted by atomic mass is 9.92. The summed E-state index contributed by atoms with van der Waals surface area (Å²) in [6, 6.07) is 7.04. The first kappa shape index (κ1) is 19.6. The number of hydrogen-bond acceptors (Lipinski definition) is 6. The van der Waals surface area contributed by atoms with Crippen LogP contribution in [0.5, 0.6) is 5.75 Å². The molecule has 1 aromatic carbocycles. The Morgan fingerprint density at radius 2 is 1.96 bits per heavy atom. The third-order valence-electron chi connectivity index (χ3n) is 4.71. The van der Waals surface area contributed by atoms with E-state index < -0.39 is 28.0 Å². The number of hydrogen-bond donors (Lipinski definition) is 0. The van der Waals surface area contributed by atoms with Crippen molar-refractivity contribution in [3.8, 4) is 5.75 Å². The van der Waals surface area contributed by atoms with Gasteiger partial charge in [-0.2, -0.15) is 4.31 Å². The maximum absolute atomic E-state index is 13.4. The second kappa shape index (κ2) is 7.84. The Morgan fingerprint density at radius 3 is 2.56 bits per heavy atom. The lowest BCUT2D eigenvalue weighted by Gasteiger charge is -2.31. The van der Waals surface area contributed by atoms with Crippen LogP contribution in [0.4, 0.5) is 0 Å². The first-order valence-electron chi connectivity index (χ1n) is 8.36. The van der Waals surface area contributed by atoms with Gasteiger partial charge in [-0.15, -0.1) is 17.9 Å². The van der Waals surface area contributed by atoms with Crippen LogP contribution in [0.25, 0.3) is 0 Å². The fourth-order valence-electron chi connectivity index (χ4n) is 3.34. The van der Waals surface area contributed by atoms with Crippen molar-refractivity contribution in [3.63, 3.8) is 0 Å². The Bertz CT molecular complexity index is 933. The molecular formula is C19H21NO5S2. The van der Waals surface area contributed by atoms with Crippen LogP contribution < -0.4 is 4.74 Å². The molecule has 0 amide bonds. The average Bonchev–Trinajstić information content (AvgIpc) is 3.08. The number of methoxy groups -OCH3 is 2. The molecule has 2 atom stereocenters. The highest BCUT2D eigenvalue weighted by Gasteiger charge is 2.43. The third-order valence-corrected chi connectivity index (χ3v) is 7.60. The Hall–Kier alpha value is -2.16. The first-order valence-corrected chi connectivity index (χ1v) is 10.7. The lowest BCUT2D eigenvalue weighted by Crippen LogP contribution is -2.48. The average molecular weight is 408 g/mol. The summed E-state index contributed by atoms with van der Waals surface area (Å²) >= 11 is 1.55. The molecule has 0 saturated carbocycles. The van der Waals surface area contributed by atoms with Gasteiger partial charge >= 0.3 is 5.97 Å². The smallest absolute Gasteiger partial charge is 0.325 e. The second-order valence-electron chi connectivity index (χ2n) is 6.07. The second-order valence-corrected chi connectivity index (χ2v) is 8.96. The largest absolute Gasteiger partial charge is 0.497 e. The summed E-state index contributed by atoms with van der Waals surface area (Å²) in [4.78, 5) is 13.8. The molecule has 0 aliphatic carbocycles. The van der Waals surface area contributed by atoms with Gasteiger partial charge in [0, 0.05) is 17.3 Å². The maximum atomic E-state index is 13.4. The SMILES string of the molecule is C=C[C@@H]1c2ccsc2CCN(S(=O)(=O)c2ccc(OC)cc2)[C@@H]1C(=O)OC. The molecule has 1 aliphatic heterocycles. The molecule has 0 spiro atoms. The molecule has 0 fully saturated rings. The molecule has 27 heavy (non-hydrogen) atoms. The van der Waals surface area contributed by atoms with Gasteiger partial charge in [0.1, 0.15) is 11.8 Å². The highest BCUT2D eigenvalue weighted by molar-refractivity contribution is 7.89. The van der Waals surface area contributed by atoms with Gasteiger partial charge < -0.3 is 9.47 Å². The summed E-state index contributed by atoms with van der Waals surface area (Å²) in [6.07, 6.45) is 2.15. The number of thiophene rings is 1. The van der Waals surface area contributed by atoms with E-state index >= 15 is 0 Å². The molecule has 3 rings (SSSR count). The predicted octanol–water partition coefficient (Wildman–Crippen LogP) is 2.81. The molecule has 0 N–H and O–H groups in total. The molecular weight excluding hydrogens is 386 g/mol. The maximum Gasteiger partial charge on any atom is 0.325 e. The number of fused-ring (bicyclic) bond motifs is 1. The number of carbonyl (C=O) groups is 1. The molecule has 8 heteroatoms. The van der Waals surface area contributed by atoms with E-state index in [4.69, 9.17) is 9.47 Å². The van der Waals surface area contributed by atoms with Crippen molar-refractivity contribution in [1.82, 2.24) is 4.31 Å². The van der Waals surface area contributed by atoms with Crippen molar-refractivity contribution in [2.75, 3.05) is 20.8 Å². The van der Waals surface area contributed by atoms with Crippen molar-refractivity contribution >= 4 is 27.3 Å². The Labute approximate surface area is 163 Å². The topological polar surface area (TPSA) is 72.9 Å². The lowest BCUT2D eigenvalue weighted by molar-refractivity contribution is -0.145. The van der Waals surface area contributed by atoms with Crippen LogP contribution in [0, 0.1) is 0 Å². The molecule has 144 valence electrons. The summed E-state index contributed by atoms with van der Waals surface area (Å²) in [5.41, 5.74) is 0.929. The quantitative estimate of drug-likeness (QED) is 0.563. The van der Waals surface area contributed by atoms with Crippen LogP contribution in [-0.2, 0) is 26.0 Å². The van der Waals surface area contributed by atoms with Crippen LogP contribution in [0.2, 0.25) is 0 Å². The number of esters is 1. The van der Waals surface area contributed by atoms with Gasteiger partial charge in [-0.05, 0) is 47.7 Å². The number of sulfonamides is 1. The Morgan fingerprint density at radius 1 is 1.26 bits per heavy atom. The van der Waals surface area contributed by atoms with E-state index in [1.807, 2.05) is 11.4 Å². The summed E-state index contributed by atoms with van der Waals surface area (Å²) in [5, 5.41) is 1.95. The van der Waals surface area contributed by atoms with E-state index in [1.165, 1.54) is 30.7 Å². The molecule has 0 unspecified atom stereocenters. The van der Waals surface area contributed by atoms with Crippen molar-refractivity contribution in [2.24, 2.45) is 0 Å². The fraction of sp³-hybridized carbons (Fsp3) is 0.316. The van der Waals surface area contributed by atoms with E-state index in [0.717, 1.165) is 10.4 Å². The highest BCUT2D eigenvalue weighted by Crippen LogP contribution is 2.37. The number of benzene rings is 1. The monoisotopic (exact) mass is 407 g/mol. The number of nitrogens with zero attached hydrogens (tertiary/aromatic N) is 1. The predicted molar refractivity (Wildman–Crippen MR) is 104 cm³/mol. The Balaban J connectivity index is 2.09. The van der Waals surface area contributed by atoms with Crippen LogP contribution in [0.15, 0.2) is 53.3 Å². The first-order chi connectivity index (χ1) is 12.9. The molecule has 2 heterocycles. The van der Waals surface area contributed by atoms with Gasteiger partial charge in [-0.3, -0.25) is 4.79 Å². The number of carbonyl (C=O) groups excluding carboxylic acids is 1.